The lowest BCUT2D eigenvalue weighted by Gasteiger charge is -2.35. The molecule has 1 N–H and O–H groups in total. The average Bonchev–Trinajstić information content (AvgIpc) is 3.47. The van der Waals surface area contributed by atoms with Crippen LogP contribution < -0.4 is 5.32 Å². The first-order valence-electron chi connectivity index (χ1n) is 9.46. The largest absolute Gasteiger partial charge is 0.469 e. The summed E-state index contributed by atoms with van der Waals surface area (Å²) < 4.78 is 13.2. The Hall–Kier alpha value is -2.58. The van der Waals surface area contributed by atoms with E-state index in [-0.39, 0.29) is 6.10 Å². The lowest BCUT2D eigenvalue weighted by Crippen LogP contribution is -2.48. The van der Waals surface area contributed by atoms with Crippen LogP contribution in [0.2, 0.25) is 0 Å². The second-order valence-corrected chi connectivity index (χ2v) is 7.76. The van der Waals surface area contributed by atoms with Crippen LogP contribution >= 0.6 is 11.3 Å². The van der Waals surface area contributed by atoms with Gasteiger partial charge in [-0.05, 0) is 23.6 Å². The van der Waals surface area contributed by atoms with Crippen LogP contribution in [0.4, 0.5) is 0 Å². The van der Waals surface area contributed by atoms with E-state index in [4.69, 9.17) is 14.1 Å². The molecule has 0 spiro atoms. The number of furan rings is 1. The second kappa shape index (κ2) is 9.07. The Morgan fingerprint density at radius 3 is 3.11 bits per heavy atom. The maximum Gasteiger partial charge on any atom is 0.194 e. The molecule has 4 rings (SSSR count). The van der Waals surface area contributed by atoms with E-state index in [9.17, 15) is 0 Å². The molecule has 28 heavy (non-hydrogen) atoms. The van der Waals surface area contributed by atoms with Crippen molar-refractivity contribution < 1.29 is 9.15 Å². The van der Waals surface area contributed by atoms with Gasteiger partial charge in [0.2, 0.25) is 0 Å². The second-order valence-electron chi connectivity index (χ2n) is 6.73. The van der Waals surface area contributed by atoms with Crippen LogP contribution in [-0.4, -0.2) is 46.9 Å². The zero-order chi connectivity index (χ0) is 19.2. The summed E-state index contributed by atoms with van der Waals surface area (Å²) >= 11 is 1.73. The summed E-state index contributed by atoms with van der Waals surface area (Å²) in [5.41, 5.74) is 1.10. The van der Waals surface area contributed by atoms with E-state index < -0.39 is 0 Å². The number of hydrogen-bond acceptors (Lipinski definition) is 5. The molecule has 0 aromatic carbocycles. The Balaban J connectivity index is 1.44. The summed E-state index contributed by atoms with van der Waals surface area (Å²) in [6, 6.07) is 8.10. The lowest BCUT2D eigenvalue weighted by atomic mass is 10.1. The summed E-state index contributed by atoms with van der Waals surface area (Å²) in [6.07, 6.45) is 6.42. The molecule has 1 unspecified atom stereocenters. The Labute approximate surface area is 168 Å². The van der Waals surface area contributed by atoms with Gasteiger partial charge in [0.25, 0.3) is 0 Å². The lowest BCUT2D eigenvalue weighted by molar-refractivity contribution is -0.00807. The number of aliphatic imine (C=N–C) groups is 1. The van der Waals surface area contributed by atoms with Crippen molar-refractivity contribution in [2.75, 3.05) is 26.2 Å². The van der Waals surface area contributed by atoms with Gasteiger partial charge in [-0.25, -0.2) is 4.99 Å². The van der Waals surface area contributed by atoms with Crippen molar-refractivity contribution in [1.29, 1.82) is 0 Å². The Kier molecular flexibility index (Phi) is 6.08. The van der Waals surface area contributed by atoms with Crippen molar-refractivity contribution in [2.45, 2.75) is 19.1 Å². The highest BCUT2D eigenvalue weighted by Gasteiger charge is 2.25. The molecule has 3 aromatic rings. The predicted octanol–water partition coefficient (Wildman–Crippen LogP) is 2.84. The summed E-state index contributed by atoms with van der Waals surface area (Å²) in [4.78, 5) is 8.40. The number of thiophene rings is 1. The molecule has 0 aliphatic carbocycles. The monoisotopic (exact) mass is 399 g/mol. The minimum absolute atomic E-state index is 0.00117. The Bertz CT molecular complexity index is 872. The van der Waals surface area contributed by atoms with Crippen LogP contribution in [0.15, 0.2) is 57.7 Å². The molecule has 8 heteroatoms. The molecule has 1 fully saturated rings. The number of rotatable bonds is 6. The minimum Gasteiger partial charge on any atom is -0.469 e. The fraction of sp³-hybridized carbons (Fsp3) is 0.400. The van der Waals surface area contributed by atoms with Gasteiger partial charge in [0.05, 0.1) is 32.2 Å². The van der Waals surface area contributed by atoms with Crippen molar-refractivity contribution in [3.63, 3.8) is 0 Å². The molecule has 7 nitrogen and oxygen atoms in total. The van der Waals surface area contributed by atoms with Crippen LogP contribution in [0.3, 0.4) is 0 Å². The first-order chi connectivity index (χ1) is 13.8. The summed E-state index contributed by atoms with van der Waals surface area (Å²) in [5, 5.41) is 9.87. The average molecular weight is 400 g/mol. The van der Waals surface area contributed by atoms with Crippen molar-refractivity contribution >= 4 is 17.3 Å². The number of ether oxygens (including phenoxy) is 1. The third-order valence-electron chi connectivity index (χ3n) is 4.66. The van der Waals surface area contributed by atoms with E-state index in [1.165, 1.54) is 4.88 Å². The van der Waals surface area contributed by atoms with Crippen LogP contribution in [0.5, 0.6) is 0 Å². The van der Waals surface area contributed by atoms with E-state index in [0.29, 0.717) is 13.2 Å². The predicted molar refractivity (Wildman–Crippen MR) is 109 cm³/mol. The molecular formula is C20H25N5O2S. The zero-order valence-corrected chi connectivity index (χ0v) is 16.8. The van der Waals surface area contributed by atoms with Crippen LogP contribution in [0, 0.1) is 0 Å². The highest BCUT2D eigenvalue weighted by Crippen LogP contribution is 2.22. The minimum atomic E-state index is 0.00117. The van der Waals surface area contributed by atoms with Crippen molar-refractivity contribution in [2.24, 2.45) is 12.0 Å². The van der Waals surface area contributed by atoms with Gasteiger partial charge in [-0.3, -0.25) is 4.68 Å². The molecule has 1 saturated heterocycles. The third kappa shape index (κ3) is 4.82. The van der Waals surface area contributed by atoms with Gasteiger partial charge in [0.1, 0.15) is 11.9 Å². The smallest absolute Gasteiger partial charge is 0.194 e. The molecule has 0 saturated carbocycles. The van der Waals surface area contributed by atoms with Gasteiger partial charge in [-0.1, -0.05) is 6.07 Å². The number of nitrogens with zero attached hydrogens (tertiary/aromatic N) is 4. The van der Waals surface area contributed by atoms with E-state index in [1.807, 2.05) is 36.3 Å². The number of aromatic nitrogens is 2. The van der Waals surface area contributed by atoms with Gasteiger partial charge in [-0.15, -0.1) is 11.3 Å². The number of hydrogen-bond donors (Lipinski definition) is 1. The maximum absolute atomic E-state index is 5.98. The molecule has 4 heterocycles. The van der Waals surface area contributed by atoms with Gasteiger partial charge < -0.3 is 19.4 Å². The molecule has 1 aliphatic rings. The summed E-state index contributed by atoms with van der Waals surface area (Å²) in [5.74, 6) is 1.89. The van der Waals surface area contributed by atoms with Gasteiger partial charge >= 0.3 is 0 Å². The zero-order valence-electron chi connectivity index (χ0n) is 16.0. The van der Waals surface area contributed by atoms with E-state index in [1.54, 1.807) is 17.6 Å². The highest BCUT2D eigenvalue weighted by molar-refractivity contribution is 7.09. The topological polar surface area (TPSA) is 67.8 Å². The van der Waals surface area contributed by atoms with Gasteiger partial charge in [0.15, 0.2) is 5.96 Å². The number of aryl methyl sites for hydroxylation is 1. The summed E-state index contributed by atoms with van der Waals surface area (Å²) in [6.45, 7) is 3.68. The molecule has 0 amide bonds. The van der Waals surface area contributed by atoms with E-state index in [2.05, 4.69) is 32.8 Å². The molecule has 0 radical (unpaired) electrons. The van der Waals surface area contributed by atoms with Crippen LogP contribution in [-0.2, 0) is 24.8 Å². The Morgan fingerprint density at radius 2 is 2.36 bits per heavy atom. The first kappa shape index (κ1) is 18.8. The molecule has 1 aliphatic heterocycles. The number of guanidine groups is 1. The Morgan fingerprint density at radius 1 is 1.39 bits per heavy atom. The van der Waals surface area contributed by atoms with Crippen molar-refractivity contribution in [3.8, 4) is 0 Å². The van der Waals surface area contributed by atoms with Crippen molar-refractivity contribution in [3.05, 3.63) is 64.5 Å². The molecule has 3 aromatic heterocycles. The fourth-order valence-corrected chi connectivity index (χ4v) is 3.85. The van der Waals surface area contributed by atoms with Gasteiger partial charge in [-0.2, -0.15) is 5.10 Å². The number of morpholine rings is 1. The molecule has 1 atom stereocenters. The maximum atomic E-state index is 5.98. The first-order valence-corrected chi connectivity index (χ1v) is 10.3. The highest BCUT2D eigenvalue weighted by atomic mass is 32.1. The third-order valence-corrected chi connectivity index (χ3v) is 5.52. The molecular weight excluding hydrogens is 374 g/mol. The quantitative estimate of drug-likeness (QED) is 0.510. The molecule has 148 valence electrons. The number of nitrogens with one attached hydrogen (secondary N) is 1. The summed E-state index contributed by atoms with van der Waals surface area (Å²) in [7, 11) is 1.92. The fourth-order valence-electron chi connectivity index (χ4n) is 3.23. The normalized spacial score (nSPS) is 17.8. The van der Waals surface area contributed by atoms with Gasteiger partial charge in [0, 0.05) is 43.2 Å². The van der Waals surface area contributed by atoms with Crippen molar-refractivity contribution in [1.82, 2.24) is 20.0 Å². The van der Waals surface area contributed by atoms with E-state index in [0.717, 1.165) is 43.3 Å². The standard InChI is InChI=1S/C20H25N5O2S/c1-24-14-16(12-23-24)19-15-25(8-10-27-19)20(22-13-18-5-3-11-28-18)21-7-6-17-4-2-9-26-17/h2-5,9,11-12,14,19H,6-8,10,13,15H2,1H3,(H,21,22). The van der Waals surface area contributed by atoms with Crippen LogP contribution in [0.25, 0.3) is 0 Å². The van der Waals surface area contributed by atoms with Crippen LogP contribution in [0.1, 0.15) is 22.3 Å². The molecule has 0 bridgehead atoms. The van der Waals surface area contributed by atoms with E-state index >= 15 is 0 Å². The SMILES string of the molecule is Cn1cc(C2CN(C(=NCc3cccs3)NCCc3ccco3)CCO2)cn1.